The van der Waals surface area contributed by atoms with Gasteiger partial charge in [-0.25, -0.2) is 0 Å². The van der Waals surface area contributed by atoms with E-state index in [1.165, 1.54) is 0 Å². The summed E-state index contributed by atoms with van der Waals surface area (Å²) in [7, 11) is 0. The molecule has 0 amide bonds. The first-order chi connectivity index (χ1) is 13.4. The highest BCUT2D eigenvalue weighted by molar-refractivity contribution is 6.36. The number of rotatable bonds is 2. The summed E-state index contributed by atoms with van der Waals surface area (Å²) in [4.78, 5) is 4.24. The average Bonchev–Trinajstić information content (AvgIpc) is 2.95. The van der Waals surface area contributed by atoms with Gasteiger partial charge in [0.05, 0.1) is 34.6 Å². The fourth-order valence-electron chi connectivity index (χ4n) is 4.47. The third-order valence-electron chi connectivity index (χ3n) is 5.92. The number of pyridine rings is 1. The van der Waals surface area contributed by atoms with Crippen LogP contribution in [0.5, 0.6) is 0 Å². The zero-order chi connectivity index (χ0) is 20.0. The Morgan fingerprint density at radius 3 is 2.61 bits per heavy atom. The smallest absolute Gasteiger partial charge is 0.0994 e. The molecule has 2 aromatic heterocycles. The van der Waals surface area contributed by atoms with Gasteiger partial charge in [0.25, 0.3) is 0 Å². The first-order valence-electron chi connectivity index (χ1n) is 9.55. The maximum atomic E-state index is 9.93. The van der Waals surface area contributed by atoms with Crippen molar-refractivity contribution in [3.63, 3.8) is 0 Å². The molecule has 1 aromatic carbocycles. The highest BCUT2D eigenvalue weighted by atomic mass is 35.5. The summed E-state index contributed by atoms with van der Waals surface area (Å²) in [5.41, 5.74) is 12.0. The molecule has 0 saturated heterocycles. The van der Waals surface area contributed by atoms with Gasteiger partial charge < -0.3 is 15.4 Å². The summed E-state index contributed by atoms with van der Waals surface area (Å²) in [5, 5.41) is 21.0. The molecule has 0 radical (unpaired) electrons. The first-order valence-corrected chi connectivity index (χ1v) is 9.92. The van der Waals surface area contributed by atoms with Crippen LogP contribution in [0.4, 0.5) is 5.69 Å². The standard InChI is InChI=1S/C22H23ClN4O/c1-12-7-20-17(8-14(12)9-24)21(18-10-26-11-19(25)22(18)23)13(2)27(20)15-3-5-16(28)6-4-15/h7-8,10-11,15-16,28H,3-6,25H2,1-2H3/t15-,16+. The van der Waals surface area contributed by atoms with Crippen LogP contribution in [0.15, 0.2) is 24.5 Å². The van der Waals surface area contributed by atoms with Crippen LogP contribution in [0.25, 0.3) is 22.0 Å². The summed E-state index contributed by atoms with van der Waals surface area (Å²) in [5.74, 6) is 0. The summed E-state index contributed by atoms with van der Waals surface area (Å²) in [6, 6.07) is 6.63. The van der Waals surface area contributed by atoms with Crippen LogP contribution in [0.2, 0.25) is 5.02 Å². The van der Waals surface area contributed by atoms with Crippen LogP contribution in [0.1, 0.15) is 48.5 Å². The summed E-state index contributed by atoms with van der Waals surface area (Å²) >= 11 is 6.55. The third-order valence-corrected chi connectivity index (χ3v) is 6.34. The van der Waals surface area contributed by atoms with E-state index in [1.54, 1.807) is 12.4 Å². The Kier molecular flexibility index (Phi) is 4.78. The second-order valence-electron chi connectivity index (χ2n) is 7.68. The molecule has 5 nitrogen and oxygen atoms in total. The van der Waals surface area contributed by atoms with Gasteiger partial charge >= 0.3 is 0 Å². The monoisotopic (exact) mass is 394 g/mol. The maximum absolute atomic E-state index is 9.93. The Bertz CT molecular complexity index is 1100. The number of anilines is 1. The Hall–Kier alpha value is -2.55. The number of aliphatic hydroxyl groups is 1. The van der Waals surface area contributed by atoms with Gasteiger partial charge in [0, 0.05) is 40.0 Å². The fraction of sp³-hybridized carbons (Fsp3) is 0.364. The molecular formula is C22H23ClN4O. The van der Waals surface area contributed by atoms with E-state index in [0.717, 1.165) is 59.0 Å². The number of fused-ring (bicyclic) bond motifs is 1. The number of nitriles is 1. The van der Waals surface area contributed by atoms with Crippen molar-refractivity contribution in [1.82, 2.24) is 9.55 Å². The van der Waals surface area contributed by atoms with Gasteiger partial charge in [0.2, 0.25) is 0 Å². The molecule has 0 atom stereocenters. The summed E-state index contributed by atoms with van der Waals surface area (Å²) in [6.07, 6.45) is 6.52. The zero-order valence-corrected chi connectivity index (χ0v) is 16.8. The third kappa shape index (κ3) is 2.94. The molecule has 0 bridgehead atoms. The van der Waals surface area contributed by atoms with Crippen molar-refractivity contribution >= 4 is 28.2 Å². The van der Waals surface area contributed by atoms with Crippen molar-refractivity contribution < 1.29 is 5.11 Å². The van der Waals surface area contributed by atoms with Crippen molar-refractivity contribution in [1.29, 1.82) is 5.26 Å². The molecule has 1 aliphatic carbocycles. The lowest BCUT2D eigenvalue weighted by molar-refractivity contribution is 0.111. The molecule has 1 saturated carbocycles. The van der Waals surface area contributed by atoms with Crippen molar-refractivity contribution in [2.24, 2.45) is 0 Å². The van der Waals surface area contributed by atoms with E-state index < -0.39 is 0 Å². The minimum absolute atomic E-state index is 0.211. The van der Waals surface area contributed by atoms with Crippen LogP contribution < -0.4 is 5.73 Å². The molecule has 3 aromatic rings. The Morgan fingerprint density at radius 2 is 1.93 bits per heavy atom. The largest absolute Gasteiger partial charge is 0.396 e. The minimum atomic E-state index is -0.211. The topological polar surface area (TPSA) is 87.9 Å². The van der Waals surface area contributed by atoms with E-state index in [0.29, 0.717) is 22.3 Å². The van der Waals surface area contributed by atoms with Gasteiger partial charge in [0.1, 0.15) is 0 Å². The maximum Gasteiger partial charge on any atom is 0.0994 e. The molecule has 2 heterocycles. The highest BCUT2D eigenvalue weighted by Crippen LogP contribution is 2.43. The molecular weight excluding hydrogens is 372 g/mol. The normalized spacial score (nSPS) is 19.7. The van der Waals surface area contributed by atoms with E-state index >= 15 is 0 Å². The van der Waals surface area contributed by atoms with Gasteiger partial charge in [0.15, 0.2) is 0 Å². The van der Waals surface area contributed by atoms with Crippen LogP contribution >= 0.6 is 11.6 Å². The molecule has 28 heavy (non-hydrogen) atoms. The number of hydrogen-bond acceptors (Lipinski definition) is 4. The first kappa shape index (κ1) is 18.8. The average molecular weight is 395 g/mol. The number of aryl methyl sites for hydroxylation is 1. The Balaban J connectivity index is 2.03. The quantitative estimate of drug-likeness (QED) is 0.646. The second-order valence-corrected chi connectivity index (χ2v) is 8.06. The number of nitrogens with two attached hydrogens (primary N) is 1. The SMILES string of the molecule is Cc1cc2c(cc1C#N)c(-c1cncc(N)c1Cl)c(C)n2[C@H]1CC[C@@H](O)CC1. The van der Waals surface area contributed by atoms with Gasteiger partial charge in [-0.1, -0.05) is 11.6 Å². The Morgan fingerprint density at radius 1 is 1.21 bits per heavy atom. The van der Waals surface area contributed by atoms with Crippen LogP contribution in [0, 0.1) is 25.2 Å². The summed E-state index contributed by atoms with van der Waals surface area (Å²) < 4.78 is 2.35. The van der Waals surface area contributed by atoms with Crippen molar-refractivity contribution in [2.45, 2.75) is 51.7 Å². The fourth-order valence-corrected chi connectivity index (χ4v) is 4.66. The van der Waals surface area contributed by atoms with Gasteiger partial charge in [-0.2, -0.15) is 5.26 Å². The molecule has 0 aliphatic heterocycles. The molecule has 3 N–H and O–H groups in total. The lowest BCUT2D eigenvalue weighted by Gasteiger charge is -2.28. The predicted molar refractivity (Wildman–Crippen MR) is 112 cm³/mol. The lowest BCUT2D eigenvalue weighted by Crippen LogP contribution is -2.21. The zero-order valence-electron chi connectivity index (χ0n) is 16.0. The number of nitrogen functional groups attached to an aromatic ring is 1. The van der Waals surface area contributed by atoms with Crippen LogP contribution in [0.3, 0.4) is 0 Å². The van der Waals surface area contributed by atoms with Gasteiger partial charge in [-0.05, 0) is 57.2 Å². The number of hydrogen-bond donors (Lipinski definition) is 2. The van der Waals surface area contributed by atoms with Crippen molar-refractivity contribution in [2.75, 3.05) is 5.73 Å². The van der Waals surface area contributed by atoms with Crippen molar-refractivity contribution in [3.8, 4) is 17.2 Å². The van der Waals surface area contributed by atoms with Crippen LogP contribution in [-0.4, -0.2) is 20.8 Å². The number of benzene rings is 1. The molecule has 6 heteroatoms. The highest BCUT2D eigenvalue weighted by Gasteiger charge is 2.27. The van der Waals surface area contributed by atoms with E-state index in [9.17, 15) is 10.4 Å². The number of halogens is 1. The lowest BCUT2D eigenvalue weighted by atomic mass is 9.92. The minimum Gasteiger partial charge on any atom is -0.396 e. The van der Waals surface area contributed by atoms with E-state index in [4.69, 9.17) is 17.3 Å². The predicted octanol–water partition coefficient (Wildman–Crippen LogP) is 4.90. The second kappa shape index (κ2) is 7.12. The summed E-state index contributed by atoms with van der Waals surface area (Å²) in [6.45, 7) is 4.05. The molecule has 0 spiro atoms. The molecule has 4 rings (SSSR count). The molecule has 1 aliphatic rings. The van der Waals surface area contributed by atoms with E-state index in [1.807, 2.05) is 13.0 Å². The number of aliphatic hydroxyl groups excluding tert-OH is 1. The molecule has 144 valence electrons. The Labute approximate surface area is 169 Å². The van der Waals surface area contributed by atoms with Gasteiger partial charge in [-0.3, -0.25) is 4.98 Å². The molecule has 0 unspecified atom stereocenters. The van der Waals surface area contributed by atoms with Crippen molar-refractivity contribution in [3.05, 3.63) is 46.4 Å². The van der Waals surface area contributed by atoms with E-state index in [-0.39, 0.29) is 6.10 Å². The molecule has 1 fully saturated rings. The van der Waals surface area contributed by atoms with Crippen LogP contribution in [-0.2, 0) is 0 Å². The van der Waals surface area contributed by atoms with Gasteiger partial charge in [-0.15, -0.1) is 0 Å². The van der Waals surface area contributed by atoms with E-state index in [2.05, 4.69) is 28.6 Å². The number of aromatic nitrogens is 2. The number of nitrogens with zero attached hydrogens (tertiary/aromatic N) is 3.